The van der Waals surface area contributed by atoms with E-state index in [-0.39, 0.29) is 24.5 Å². The van der Waals surface area contributed by atoms with E-state index in [0.29, 0.717) is 31.3 Å². The molecule has 0 aliphatic heterocycles. The molecule has 0 spiro atoms. The van der Waals surface area contributed by atoms with Gasteiger partial charge >= 0.3 is 5.97 Å². The monoisotopic (exact) mass is 546 g/mol. The summed E-state index contributed by atoms with van der Waals surface area (Å²) in [6.45, 7) is 6.99. The molecule has 0 bridgehead atoms. The van der Waals surface area contributed by atoms with Crippen molar-refractivity contribution in [3.05, 3.63) is 23.8 Å². The van der Waals surface area contributed by atoms with E-state index in [1.807, 2.05) is 0 Å². The van der Waals surface area contributed by atoms with Gasteiger partial charge < -0.3 is 14.9 Å². The number of Topliss-reactive ketones (excluding diaryl/α,β-unsaturated/α-hetero) is 1. The van der Waals surface area contributed by atoms with Crippen LogP contribution in [0.1, 0.15) is 105 Å². The first-order valence-electron chi connectivity index (χ1n) is 15.1. The summed E-state index contributed by atoms with van der Waals surface area (Å²) < 4.78 is 22.6. The van der Waals surface area contributed by atoms with Gasteiger partial charge in [-0.15, -0.1) is 0 Å². The Labute approximate surface area is 232 Å². The maximum Gasteiger partial charge on any atom is 0.306 e. The fourth-order valence-electron chi connectivity index (χ4n) is 8.70. The highest BCUT2D eigenvalue weighted by Crippen LogP contribution is 2.70. The lowest BCUT2D eigenvalue weighted by atomic mass is 9.44. The fourth-order valence-corrected chi connectivity index (χ4v) is 8.70. The molecule has 4 rings (SSSR count). The Morgan fingerprint density at radius 3 is 2.46 bits per heavy atom. The summed E-state index contributed by atoms with van der Waals surface area (Å²) in [4.78, 5) is 37.9. The SMILES string of the molecule is CCCCCCCCCC(=O)OCC(=O)[C@@]1(O)[C@H](C)C[C@H]2[C@@H]3CCC4=CC(=O)C=C[C@]4(C)[C@@]3(F)[C@@H](O)C[C@@]21C. The standard InChI is InChI=1S/C32H47FO6/c1-5-6-7-8-9-10-11-12-28(37)39-20-27(36)32(38)21(2)17-25-24-14-13-22-18-23(34)15-16-29(22,3)31(24,33)26(35)19-30(25,32)4/h15-16,18,21,24-26,35,38H,5-14,17,19-20H2,1-4H3/t21-,24+,25+,26+,29+,30+,31+,32+/m1/s1. The van der Waals surface area contributed by atoms with Crippen LogP contribution in [-0.2, 0) is 19.1 Å². The maximum absolute atomic E-state index is 17.2. The number of allylic oxidation sites excluding steroid dienone is 4. The number of aliphatic hydroxyl groups excluding tert-OH is 1. The zero-order valence-electron chi connectivity index (χ0n) is 24.1. The number of carbonyl (C=O) groups excluding carboxylic acids is 3. The number of carbonyl (C=O) groups is 3. The molecule has 0 amide bonds. The summed E-state index contributed by atoms with van der Waals surface area (Å²) in [5.41, 5.74) is -5.35. The molecule has 0 unspecified atom stereocenters. The van der Waals surface area contributed by atoms with Crippen molar-refractivity contribution in [2.45, 2.75) is 122 Å². The van der Waals surface area contributed by atoms with E-state index >= 15 is 4.39 Å². The molecule has 218 valence electrons. The van der Waals surface area contributed by atoms with Gasteiger partial charge in [-0.1, -0.05) is 70.9 Å². The Morgan fingerprint density at radius 2 is 1.77 bits per heavy atom. The van der Waals surface area contributed by atoms with Crippen molar-refractivity contribution >= 4 is 17.5 Å². The van der Waals surface area contributed by atoms with Gasteiger partial charge in [-0.05, 0) is 63.0 Å². The highest BCUT2D eigenvalue weighted by Gasteiger charge is 2.75. The summed E-state index contributed by atoms with van der Waals surface area (Å²) in [6.07, 6.45) is 12.1. The van der Waals surface area contributed by atoms with Crippen LogP contribution in [0.15, 0.2) is 23.8 Å². The van der Waals surface area contributed by atoms with Crippen LogP contribution in [0.25, 0.3) is 0 Å². The minimum absolute atomic E-state index is 0.0894. The van der Waals surface area contributed by atoms with Crippen molar-refractivity contribution in [2.24, 2.45) is 28.6 Å². The Morgan fingerprint density at radius 1 is 1.10 bits per heavy atom. The maximum atomic E-state index is 17.2. The molecule has 2 N–H and O–H groups in total. The van der Waals surface area contributed by atoms with E-state index in [1.54, 1.807) is 26.8 Å². The van der Waals surface area contributed by atoms with Crippen LogP contribution < -0.4 is 0 Å². The first-order valence-corrected chi connectivity index (χ1v) is 15.1. The molecule has 39 heavy (non-hydrogen) atoms. The van der Waals surface area contributed by atoms with Gasteiger partial charge in [0.25, 0.3) is 0 Å². The Balaban J connectivity index is 1.44. The van der Waals surface area contributed by atoms with Crippen molar-refractivity contribution in [1.29, 1.82) is 0 Å². The molecule has 8 atom stereocenters. The molecule has 3 fully saturated rings. The van der Waals surface area contributed by atoms with Crippen molar-refractivity contribution in [3.8, 4) is 0 Å². The Kier molecular flexibility index (Phi) is 8.64. The lowest BCUT2D eigenvalue weighted by molar-refractivity contribution is -0.220. The van der Waals surface area contributed by atoms with Crippen molar-refractivity contribution < 1.29 is 33.7 Å². The molecule has 0 aromatic heterocycles. The third kappa shape index (κ3) is 4.75. The topological polar surface area (TPSA) is 101 Å². The number of alkyl halides is 1. The second kappa shape index (κ2) is 11.2. The third-order valence-electron chi connectivity index (χ3n) is 11.0. The molecular formula is C32H47FO6. The number of halogens is 1. The molecule has 0 saturated heterocycles. The van der Waals surface area contributed by atoms with E-state index in [2.05, 4.69) is 6.92 Å². The minimum atomic E-state index is -2.02. The van der Waals surface area contributed by atoms with E-state index in [9.17, 15) is 24.6 Å². The summed E-state index contributed by atoms with van der Waals surface area (Å²) in [6, 6.07) is 0. The van der Waals surface area contributed by atoms with E-state index in [1.165, 1.54) is 31.4 Å². The van der Waals surface area contributed by atoms with Crippen LogP contribution in [-0.4, -0.2) is 51.7 Å². The number of hydrogen-bond acceptors (Lipinski definition) is 6. The normalized spacial score (nSPS) is 40.9. The smallest absolute Gasteiger partial charge is 0.306 e. The number of ketones is 2. The fraction of sp³-hybridized carbons (Fsp3) is 0.781. The molecule has 7 heteroatoms. The van der Waals surface area contributed by atoms with E-state index in [0.717, 1.165) is 19.3 Å². The third-order valence-corrected chi connectivity index (χ3v) is 11.0. The minimum Gasteiger partial charge on any atom is -0.458 e. The Hall–Kier alpha value is -1.86. The summed E-state index contributed by atoms with van der Waals surface area (Å²) in [7, 11) is 0. The number of fused-ring (bicyclic) bond motifs is 5. The van der Waals surface area contributed by atoms with Crippen molar-refractivity contribution in [1.82, 2.24) is 0 Å². The number of hydrogen-bond donors (Lipinski definition) is 2. The molecule has 0 radical (unpaired) electrons. The second-order valence-corrected chi connectivity index (χ2v) is 13.1. The predicted molar refractivity (Wildman–Crippen MR) is 146 cm³/mol. The molecule has 4 aliphatic rings. The average Bonchev–Trinajstić information content (AvgIpc) is 3.09. The zero-order chi connectivity index (χ0) is 28.6. The van der Waals surface area contributed by atoms with Gasteiger partial charge in [0.15, 0.2) is 18.1 Å². The number of esters is 1. The van der Waals surface area contributed by atoms with Crippen LogP contribution in [0.4, 0.5) is 4.39 Å². The van der Waals surface area contributed by atoms with E-state index < -0.39 is 58.4 Å². The number of rotatable bonds is 11. The lowest BCUT2D eigenvalue weighted by Gasteiger charge is -2.62. The molecule has 6 nitrogen and oxygen atoms in total. The van der Waals surface area contributed by atoms with Crippen molar-refractivity contribution in [2.75, 3.05) is 6.61 Å². The summed E-state index contributed by atoms with van der Waals surface area (Å²) >= 11 is 0. The molecule has 0 aromatic carbocycles. The summed E-state index contributed by atoms with van der Waals surface area (Å²) in [5, 5.41) is 23.4. The summed E-state index contributed by atoms with van der Waals surface area (Å²) in [5.74, 6) is -2.60. The van der Waals surface area contributed by atoms with Crippen LogP contribution in [0.3, 0.4) is 0 Å². The molecule has 0 heterocycles. The zero-order valence-corrected chi connectivity index (χ0v) is 24.1. The predicted octanol–water partition coefficient (Wildman–Crippen LogP) is 5.59. The number of ether oxygens (including phenoxy) is 1. The van der Waals surface area contributed by atoms with E-state index in [4.69, 9.17) is 4.74 Å². The van der Waals surface area contributed by atoms with Gasteiger partial charge in [-0.2, -0.15) is 0 Å². The van der Waals surface area contributed by atoms with Crippen molar-refractivity contribution in [3.63, 3.8) is 0 Å². The average molecular weight is 547 g/mol. The largest absolute Gasteiger partial charge is 0.458 e. The first-order chi connectivity index (χ1) is 18.4. The van der Waals surface area contributed by atoms with Crippen LogP contribution in [0.2, 0.25) is 0 Å². The number of aliphatic hydroxyl groups is 2. The number of unbranched alkanes of at least 4 members (excludes halogenated alkanes) is 6. The van der Waals surface area contributed by atoms with Crippen LogP contribution >= 0.6 is 0 Å². The van der Waals surface area contributed by atoms with Crippen LogP contribution in [0, 0.1) is 28.6 Å². The van der Waals surface area contributed by atoms with Gasteiger partial charge in [0.1, 0.15) is 5.60 Å². The van der Waals surface area contributed by atoms with Gasteiger partial charge in [0.05, 0.1) is 6.10 Å². The Bertz CT molecular complexity index is 1040. The van der Waals surface area contributed by atoms with Gasteiger partial charge in [-0.25, -0.2) is 4.39 Å². The van der Waals surface area contributed by atoms with Gasteiger partial charge in [-0.3, -0.25) is 14.4 Å². The van der Waals surface area contributed by atoms with Crippen LogP contribution in [0.5, 0.6) is 0 Å². The van der Waals surface area contributed by atoms with Gasteiger partial charge in [0.2, 0.25) is 5.78 Å². The van der Waals surface area contributed by atoms with Gasteiger partial charge in [0, 0.05) is 23.2 Å². The quantitative estimate of drug-likeness (QED) is 0.259. The second-order valence-electron chi connectivity index (χ2n) is 13.1. The first kappa shape index (κ1) is 30.1. The highest BCUT2D eigenvalue weighted by molar-refractivity contribution is 6.01. The molecule has 3 saturated carbocycles. The lowest BCUT2D eigenvalue weighted by Crippen LogP contribution is -2.69. The molecular weight excluding hydrogens is 499 g/mol. The highest BCUT2D eigenvalue weighted by atomic mass is 19.1. The molecule has 4 aliphatic carbocycles. The molecule has 0 aromatic rings.